The second-order valence-electron chi connectivity index (χ2n) is 4.86. The Labute approximate surface area is 76.1 Å². The van der Waals surface area contributed by atoms with Crippen LogP contribution in [-0.4, -0.2) is 25.0 Å². The molecule has 0 aromatic rings. The first kappa shape index (κ1) is 8.55. The molecule has 1 nitrogen and oxygen atoms in total. The van der Waals surface area contributed by atoms with E-state index in [0.717, 1.165) is 11.3 Å². The van der Waals surface area contributed by atoms with Crippen LogP contribution in [0.2, 0.25) is 0 Å². The van der Waals surface area contributed by atoms with Crippen molar-refractivity contribution in [2.75, 3.05) is 20.1 Å². The molecular formula is C11H21N. The van der Waals surface area contributed by atoms with Crippen molar-refractivity contribution in [3.63, 3.8) is 0 Å². The number of nitrogens with zero attached hydrogens (tertiary/aromatic N) is 1. The highest BCUT2D eigenvalue weighted by molar-refractivity contribution is 5.03. The van der Waals surface area contributed by atoms with Gasteiger partial charge in [0.15, 0.2) is 0 Å². The fourth-order valence-corrected chi connectivity index (χ4v) is 2.86. The third kappa shape index (κ3) is 1.39. The third-order valence-electron chi connectivity index (χ3n) is 3.98. The molecular weight excluding hydrogens is 146 g/mol. The maximum atomic E-state index is 2.48. The Balaban J connectivity index is 1.83. The lowest BCUT2D eigenvalue weighted by molar-refractivity contribution is 0.191. The van der Waals surface area contributed by atoms with E-state index in [1.54, 1.807) is 6.42 Å². The van der Waals surface area contributed by atoms with E-state index in [9.17, 15) is 0 Å². The van der Waals surface area contributed by atoms with Crippen molar-refractivity contribution in [3.8, 4) is 0 Å². The molecule has 1 heteroatoms. The van der Waals surface area contributed by atoms with Crippen molar-refractivity contribution < 1.29 is 0 Å². The van der Waals surface area contributed by atoms with Crippen molar-refractivity contribution in [1.82, 2.24) is 4.90 Å². The highest BCUT2D eigenvalue weighted by Gasteiger charge is 2.53. The first-order chi connectivity index (χ1) is 5.77. The van der Waals surface area contributed by atoms with E-state index in [1.165, 1.54) is 38.8 Å². The van der Waals surface area contributed by atoms with Crippen LogP contribution >= 0.6 is 0 Å². The maximum Gasteiger partial charge on any atom is -0.00164 e. The molecule has 1 aliphatic heterocycles. The lowest BCUT2D eigenvalue weighted by Gasteiger charge is -2.30. The second kappa shape index (κ2) is 3.02. The standard InChI is InChI=1S/C11H21N/c1-3-4-10-9-11(10)5-7-12(2)8-6-11/h10H,3-9H2,1-2H3. The number of rotatable bonds is 2. The van der Waals surface area contributed by atoms with Gasteiger partial charge in [-0.05, 0) is 50.7 Å². The van der Waals surface area contributed by atoms with Gasteiger partial charge in [0.05, 0.1) is 0 Å². The van der Waals surface area contributed by atoms with Gasteiger partial charge in [-0.2, -0.15) is 0 Å². The Kier molecular flexibility index (Phi) is 2.16. The third-order valence-corrected chi connectivity index (χ3v) is 3.98. The molecule has 1 heterocycles. The molecule has 1 saturated heterocycles. The van der Waals surface area contributed by atoms with Gasteiger partial charge in [-0.1, -0.05) is 19.8 Å². The minimum absolute atomic E-state index is 0.836. The Morgan fingerprint density at radius 3 is 2.58 bits per heavy atom. The van der Waals surface area contributed by atoms with Crippen LogP contribution < -0.4 is 0 Å². The molecule has 1 aliphatic carbocycles. The molecule has 1 saturated carbocycles. The van der Waals surface area contributed by atoms with Crippen LogP contribution in [0.5, 0.6) is 0 Å². The van der Waals surface area contributed by atoms with Crippen molar-refractivity contribution in [1.29, 1.82) is 0 Å². The van der Waals surface area contributed by atoms with Crippen LogP contribution in [0.3, 0.4) is 0 Å². The molecule has 2 fully saturated rings. The van der Waals surface area contributed by atoms with Gasteiger partial charge in [-0.15, -0.1) is 0 Å². The summed E-state index contributed by atoms with van der Waals surface area (Å²) in [4.78, 5) is 2.48. The highest BCUT2D eigenvalue weighted by Crippen LogP contribution is 2.61. The molecule has 0 amide bonds. The zero-order valence-corrected chi connectivity index (χ0v) is 8.47. The minimum Gasteiger partial charge on any atom is -0.306 e. The summed E-state index contributed by atoms with van der Waals surface area (Å²) in [6, 6.07) is 0. The number of likely N-dealkylation sites (tertiary alicyclic amines) is 1. The first-order valence-corrected chi connectivity index (χ1v) is 5.45. The molecule has 1 unspecified atom stereocenters. The monoisotopic (exact) mass is 167 g/mol. The van der Waals surface area contributed by atoms with Crippen LogP contribution in [0.25, 0.3) is 0 Å². The van der Waals surface area contributed by atoms with E-state index < -0.39 is 0 Å². The summed E-state index contributed by atoms with van der Waals surface area (Å²) < 4.78 is 0. The zero-order valence-electron chi connectivity index (χ0n) is 8.47. The lowest BCUT2D eigenvalue weighted by Crippen LogP contribution is -2.31. The normalized spacial score (nSPS) is 34.0. The number of hydrogen-bond donors (Lipinski definition) is 0. The minimum atomic E-state index is 0.836. The van der Waals surface area contributed by atoms with Gasteiger partial charge in [0, 0.05) is 0 Å². The van der Waals surface area contributed by atoms with E-state index in [4.69, 9.17) is 0 Å². The van der Waals surface area contributed by atoms with Crippen LogP contribution in [0.4, 0.5) is 0 Å². The summed E-state index contributed by atoms with van der Waals surface area (Å²) in [5.74, 6) is 1.11. The maximum absolute atomic E-state index is 2.48. The van der Waals surface area contributed by atoms with Crippen molar-refractivity contribution in [3.05, 3.63) is 0 Å². The quantitative estimate of drug-likeness (QED) is 0.611. The van der Waals surface area contributed by atoms with Gasteiger partial charge in [0.2, 0.25) is 0 Å². The summed E-state index contributed by atoms with van der Waals surface area (Å²) >= 11 is 0. The highest BCUT2D eigenvalue weighted by atomic mass is 15.1. The van der Waals surface area contributed by atoms with Crippen molar-refractivity contribution >= 4 is 0 Å². The molecule has 12 heavy (non-hydrogen) atoms. The molecule has 2 rings (SSSR count). The summed E-state index contributed by atoms with van der Waals surface area (Å²) in [6.07, 6.45) is 7.39. The van der Waals surface area contributed by atoms with Gasteiger partial charge in [0.1, 0.15) is 0 Å². The van der Waals surface area contributed by atoms with E-state index in [0.29, 0.717) is 0 Å². The van der Waals surface area contributed by atoms with Gasteiger partial charge >= 0.3 is 0 Å². The Bertz CT molecular complexity index is 156. The van der Waals surface area contributed by atoms with Crippen molar-refractivity contribution in [2.24, 2.45) is 11.3 Å². The van der Waals surface area contributed by atoms with E-state index in [1.807, 2.05) is 0 Å². The van der Waals surface area contributed by atoms with Gasteiger partial charge in [-0.3, -0.25) is 0 Å². The molecule has 0 aromatic carbocycles. The van der Waals surface area contributed by atoms with Gasteiger partial charge < -0.3 is 4.90 Å². The molecule has 0 N–H and O–H groups in total. The second-order valence-corrected chi connectivity index (χ2v) is 4.86. The topological polar surface area (TPSA) is 3.24 Å². The fraction of sp³-hybridized carbons (Fsp3) is 1.00. The van der Waals surface area contributed by atoms with Crippen LogP contribution in [0, 0.1) is 11.3 Å². The van der Waals surface area contributed by atoms with E-state index in [2.05, 4.69) is 18.9 Å². The van der Waals surface area contributed by atoms with Crippen molar-refractivity contribution in [2.45, 2.75) is 39.0 Å². The predicted octanol–water partition coefficient (Wildman–Crippen LogP) is 2.52. The Hall–Kier alpha value is -0.0400. The van der Waals surface area contributed by atoms with Crippen LogP contribution in [-0.2, 0) is 0 Å². The SMILES string of the molecule is CCCC1CC12CCN(C)CC2. The molecule has 1 atom stereocenters. The summed E-state index contributed by atoms with van der Waals surface area (Å²) in [5, 5.41) is 0. The molecule has 2 aliphatic rings. The fourth-order valence-electron chi connectivity index (χ4n) is 2.86. The molecule has 70 valence electrons. The first-order valence-electron chi connectivity index (χ1n) is 5.45. The molecule has 0 aromatic heterocycles. The Morgan fingerprint density at radius 1 is 1.33 bits per heavy atom. The van der Waals surface area contributed by atoms with Crippen LogP contribution in [0.15, 0.2) is 0 Å². The smallest absolute Gasteiger partial charge is 0.00164 e. The van der Waals surface area contributed by atoms with Gasteiger partial charge in [-0.25, -0.2) is 0 Å². The molecule has 1 spiro atoms. The number of hydrogen-bond acceptors (Lipinski definition) is 1. The molecule has 0 bridgehead atoms. The summed E-state index contributed by atoms with van der Waals surface area (Å²) in [5.41, 5.74) is 0.836. The average molecular weight is 167 g/mol. The van der Waals surface area contributed by atoms with Crippen LogP contribution in [0.1, 0.15) is 39.0 Å². The summed E-state index contributed by atoms with van der Waals surface area (Å²) in [6.45, 7) is 5.02. The lowest BCUT2D eigenvalue weighted by atomic mass is 9.90. The Morgan fingerprint density at radius 2 is 2.00 bits per heavy atom. The zero-order chi connectivity index (χ0) is 8.60. The van der Waals surface area contributed by atoms with E-state index in [-0.39, 0.29) is 0 Å². The number of piperidine rings is 1. The van der Waals surface area contributed by atoms with E-state index >= 15 is 0 Å². The molecule has 0 radical (unpaired) electrons. The predicted molar refractivity (Wildman–Crippen MR) is 52.2 cm³/mol. The largest absolute Gasteiger partial charge is 0.306 e. The van der Waals surface area contributed by atoms with Gasteiger partial charge in [0.25, 0.3) is 0 Å². The average Bonchev–Trinajstić information content (AvgIpc) is 2.72. The summed E-state index contributed by atoms with van der Waals surface area (Å²) in [7, 11) is 2.25.